The van der Waals surface area contributed by atoms with E-state index < -0.39 is 5.41 Å². The largest absolute Gasteiger partial charge is 0.375 e. The summed E-state index contributed by atoms with van der Waals surface area (Å²) in [7, 11) is 0. The van der Waals surface area contributed by atoms with Gasteiger partial charge in [0.2, 0.25) is 5.91 Å². The first-order chi connectivity index (χ1) is 9.86. The zero-order valence-electron chi connectivity index (χ0n) is 12.7. The second-order valence-corrected chi connectivity index (χ2v) is 7.10. The van der Waals surface area contributed by atoms with E-state index in [1.54, 1.807) is 0 Å². The number of aromatic nitrogens is 1. The van der Waals surface area contributed by atoms with Gasteiger partial charge >= 0.3 is 0 Å². The van der Waals surface area contributed by atoms with Gasteiger partial charge < -0.3 is 10.6 Å². The van der Waals surface area contributed by atoms with Crippen LogP contribution >= 0.6 is 11.3 Å². The van der Waals surface area contributed by atoms with Crippen molar-refractivity contribution in [2.75, 3.05) is 17.2 Å². The number of aryl methyl sites for hydroxylation is 1. The molecule has 1 aromatic heterocycles. The van der Waals surface area contributed by atoms with Crippen molar-refractivity contribution in [3.63, 3.8) is 0 Å². The maximum Gasteiger partial charge on any atom is 0.237 e. The summed E-state index contributed by atoms with van der Waals surface area (Å²) in [5.41, 5.74) is 9.32. The van der Waals surface area contributed by atoms with E-state index in [0.29, 0.717) is 11.7 Å². The SMILES string of the molecule is CCN1C(=O)C(C)(C)c2cc(-c3nc(N)sc3C)ccc21. The van der Waals surface area contributed by atoms with E-state index in [2.05, 4.69) is 11.1 Å². The second kappa shape index (κ2) is 4.56. The molecule has 110 valence electrons. The van der Waals surface area contributed by atoms with Gasteiger partial charge in [-0.05, 0) is 45.4 Å². The number of nitrogens with zero attached hydrogens (tertiary/aromatic N) is 2. The lowest BCUT2D eigenvalue weighted by Crippen LogP contribution is -2.35. The van der Waals surface area contributed by atoms with Crippen LogP contribution in [0.5, 0.6) is 0 Å². The minimum atomic E-state index is -0.489. The Bertz CT molecular complexity index is 733. The Balaban J connectivity index is 2.17. The number of hydrogen-bond donors (Lipinski definition) is 1. The molecule has 0 radical (unpaired) electrons. The Hall–Kier alpha value is -1.88. The van der Waals surface area contributed by atoms with Gasteiger partial charge in [-0.1, -0.05) is 6.07 Å². The van der Waals surface area contributed by atoms with Gasteiger partial charge in [-0.3, -0.25) is 4.79 Å². The van der Waals surface area contributed by atoms with E-state index in [1.165, 1.54) is 11.3 Å². The highest BCUT2D eigenvalue weighted by atomic mass is 32.1. The number of hydrogen-bond acceptors (Lipinski definition) is 4. The quantitative estimate of drug-likeness (QED) is 0.925. The molecule has 0 bridgehead atoms. The van der Waals surface area contributed by atoms with Crippen LogP contribution in [0.3, 0.4) is 0 Å². The number of nitrogens with two attached hydrogens (primary N) is 1. The average molecular weight is 301 g/mol. The fraction of sp³-hybridized carbons (Fsp3) is 0.375. The van der Waals surface area contributed by atoms with Crippen molar-refractivity contribution >= 4 is 28.1 Å². The minimum absolute atomic E-state index is 0.159. The molecule has 21 heavy (non-hydrogen) atoms. The Morgan fingerprint density at radius 2 is 2.10 bits per heavy atom. The molecule has 0 saturated carbocycles. The van der Waals surface area contributed by atoms with Gasteiger partial charge in [-0.15, -0.1) is 11.3 Å². The Morgan fingerprint density at radius 3 is 2.67 bits per heavy atom. The highest BCUT2D eigenvalue weighted by Crippen LogP contribution is 2.43. The number of carbonyl (C=O) groups excluding carboxylic acids is 1. The highest BCUT2D eigenvalue weighted by Gasteiger charge is 2.43. The van der Waals surface area contributed by atoms with E-state index >= 15 is 0 Å². The fourth-order valence-corrected chi connectivity index (χ4v) is 3.69. The maximum atomic E-state index is 12.5. The van der Waals surface area contributed by atoms with E-state index in [-0.39, 0.29) is 5.91 Å². The van der Waals surface area contributed by atoms with Crippen molar-refractivity contribution in [2.45, 2.75) is 33.1 Å². The molecule has 2 N–H and O–H groups in total. The number of nitrogen functional groups attached to an aromatic ring is 1. The van der Waals surface area contributed by atoms with Crippen LogP contribution in [-0.4, -0.2) is 17.4 Å². The van der Waals surface area contributed by atoms with Crippen LogP contribution < -0.4 is 10.6 Å². The summed E-state index contributed by atoms with van der Waals surface area (Å²) in [4.78, 5) is 19.9. The Kier molecular flexibility index (Phi) is 3.06. The predicted molar refractivity (Wildman–Crippen MR) is 87.8 cm³/mol. The van der Waals surface area contributed by atoms with Crippen molar-refractivity contribution in [1.29, 1.82) is 0 Å². The van der Waals surface area contributed by atoms with Crippen molar-refractivity contribution in [2.24, 2.45) is 0 Å². The third kappa shape index (κ3) is 1.95. The molecular weight excluding hydrogens is 282 g/mol. The lowest BCUT2D eigenvalue weighted by Gasteiger charge is -2.18. The molecule has 0 unspecified atom stereocenters. The number of amides is 1. The summed E-state index contributed by atoms with van der Waals surface area (Å²) in [6, 6.07) is 6.14. The summed E-state index contributed by atoms with van der Waals surface area (Å²) >= 11 is 1.49. The topological polar surface area (TPSA) is 59.2 Å². The number of fused-ring (bicyclic) bond motifs is 1. The van der Waals surface area contributed by atoms with Crippen LogP contribution in [0.4, 0.5) is 10.8 Å². The molecular formula is C16H19N3OS. The number of carbonyl (C=O) groups is 1. The lowest BCUT2D eigenvalue weighted by molar-refractivity contribution is -0.122. The number of thiazole rings is 1. The standard InChI is InChI=1S/C16H19N3OS/c1-5-19-12-7-6-10(13-9(2)21-15(17)18-13)8-11(12)16(3,4)14(19)20/h6-8H,5H2,1-4H3,(H2,17,18). The van der Waals surface area contributed by atoms with Gasteiger partial charge in [0.15, 0.2) is 5.13 Å². The maximum absolute atomic E-state index is 12.5. The molecule has 1 aliphatic heterocycles. The second-order valence-electron chi connectivity index (χ2n) is 5.86. The smallest absolute Gasteiger partial charge is 0.237 e. The molecule has 1 aliphatic rings. The summed E-state index contributed by atoms with van der Waals surface area (Å²) < 4.78 is 0. The van der Waals surface area contributed by atoms with Crippen LogP contribution in [0.1, 0.15) is 31.2 Å². The van der Waals surface area contributed by atoms with Crippen molar-refractivity contribution < 1.29 is 4.79 Å². The number of likely N-dealkylation sites (N-methyl/N-ethyl adjacent to an activating group) is 1. The van der Waals surface area contributed by atoms with Gasteiger partial charge in [-0.25, -0.2) is 4.98 Å². The first-order valence-corrected chi connectivity index (χ1v) is 7.87. The van der Waals surface area contributed by atoms with E-state index in [0.717, 1.165) is 27.4 Å². The minimum Gasteiger partial charge on any atom is -0.375 e. The molecule has 1 amide bonds. The predicted octanol–water partition coefficient (Wildman–Crippen LogP) is 3.34. The highest BCUT2D eigenvalue weighted by molar-refractivity contribution is 7.15. The van der Waals surface area contributed by atoms with Gasteiger partial charge in [-0.2, -0.15) is 0 Å². The fourth-order valence-electron chi connectivity index (χ4n) is 2.98. The van der Waals surface area contributed by atoms with Crippen LogP contribution in [0.2, 0.25) is 0 Å². The molecule has 0 saturated heterocycles. The normalized spacial score (nSPS) is 16.4. The third-order valence-electron chi connectivity index (χ3n) is 4.14. The molecule has 4 nitrogen and oxygen atoms in total. The number of benzene rings is 1. The molecule has 2 aromatic rings. The van der Waals surface area contributed by atoms with Crippen molar-refractivity contribution in [1.82, 2.24) is 4.98 Å². The van der Waals surface area contributed by atoms with Gasteiger partial charge in [0.25, 0.3) is 0 Å². The van der Waals surface area contributed by atoms with E-state index in [1.807, 2.05) is 44.7 Å². The van der Waals surface area contributed by atoms with Gasteiger partial charge in [0, 0.05) is 22.7 Å². The van der Waals surface area contributed by atoms with Crippen LogP contribution in [0.15, 0.2) is 18.2 Å². The molecule has 0 aliphatic carbocycles. The Labute approximate surface area is 128 Å². The molecule has 5 heteroatoms. The first kappa shape index (κ1) is 14.1. The first-order valence-electron chi connectivity index (χ1n) is 7.06. The third-order valence-corrected chi connectivity index (χ3v) is 4.94. The summed E-state index contributed by atoms with van der Waals surface area (Å²) in [6.45, 7) is 8.68. The van der Waals surface area contributed by atoms with Crippen LogP contribution in [-0.2, 0) is 10.2 Å². The van der Waals surface area contributed by atoms with Crippen molar-refractivity contribution in [3.05, 3.63) is 28.6 Å². The Morgan fingerprint density at radius 1 is 1.38 bits per heavy atom. The van der Waals surface area contributed by atoms with Crippen LogP contribution in [0.25, 0.3) is 11.3 Å². The van der Waals surface area contributed by atoms with Gasteiger partial charge in [0.1, 0.15) is 0 Å². The molecule has 2 heterocycles. The van der Waals surface area contributed by atoms with Gasteiger partial charge in [0.05, 0.1) is 11.1 Å². The summed E-state index contributed by atoms with van der Waals surface area (Å²) in [5.74, 6) is 0.159. The van der Waals surface area contributed by atoms with E-state index in [9.17, 15) is 4.79 Å². The van der Waals surface area contributed by atoms with Crippen LogP contribution in [0, 0.1) is 6.92 Å². The lowest BCUT2D eigenvalue weighted by atomic mass is 9.85. The number of anilines is 2. The molecule has 0 spiro atoms. The summed E-state index contributed by atoms with van der Waals surface area (Å²) in [5, 5.41) is 0.577. The molecule has 3 rings (SSSR count). The molecule has 0 fully saturated rings. The molecule has 0 atom stereocenters. The van der Waals surface area contributed by atoms with E-state index in [4.69, 9.17) is 5.73 Å². The number of rotatable bonds is 2. The summed E-state index contributed by atoms with van der Waals surface area (Å²) in [6.07, 6.45) is 0. The molecule has 1 aromatic carbocycles. The monoisotopic (exact) mass is 301 g/mol. The zero-order chi connectivity index (χ0) is 15.4. The average Bonchev–Trinajstić information content (AvgIpc) is 2.86. The zero-order valence-corrected chi connectivity index (χ0v) is 13.5. The van der Waals surface area contributed by atoms with Crippen molar-refractivity contribution in [3.8, 4) is 11.3 Å².